The second-order valence-electron chi connectivity index (χ2n) is 7.37. The minimum Gasteiger partial charge on any atom is -0.361 e. The number of fused-ring (bicyclic) bond motifs is 2. The number of hydrogen-bond acceptors (Lipinski definition) is 5. The van der Waals surface area contributed by atoms with Gasteiger partial charge in [-0.15, -0.1) is 0 Å². The molecule has 1 fully saturated rings. The molecule has 3 aromatic rings. The van der Waals surface area contributed by atoms with E-state index in [9.17, 15) is 14.4 Å². The Balaban J connectivity index is 1.74. The van der Waals surface area contributed by atoms with E-state index < -0.39 is 5.66 Å². The maximum atomic E-state index is 13.5. The average Bonchev–Trinajstić information content (AvgIpc) is 3.33. The van der Waals surface area contributed by atoms with Crippen molar-refractivity contribution in [2.75, 3.05) is 13.1 Å². The van der Waals surface area contributed by atoms with E-state index in [1.165, 1.54) is 16.8 Å². The number of carbonyl (C=O) groups is 2. The number of amides is 2. The number of carbonyl (C=O) groups excluding carboxylic acids is 2. The van der Waals surface area contributed by atoms with Crippen molar-refractivity contribution in [3.05, 3.63) is 86.6 Å². The molecule has 30 heavy (non-hydrogen) atoms. The third kappa shape index (κ3) is 2.46. The largest absolute Gasteiger partial charge is 0.361 e. The Kier molecular flexibility index (Phi) is 4.08. The molecule has 152 valence electrons. The molecule has 2 aliphatic rings. The summed E-state index contributed by atoms with van der Waals surface area (Å²) < 4.78 is 6.51. The minimum atomic E-state index is -1.17. The lowest BCUT2D eigenvalue weighted by Crippen LogP contribution is -2.61. The molecule has 9 heteroatoms. The van der Waals surface area contributed by atoms with Crippen molar-refractivity contribution in [2.24, 2.45) is 0 Å². The SMILES string of the molecule is Cc1oncc1C(=O)N1CCN2C(=O)c3cccc(=O)n3CC12c1ccc(Cl)cc1. The van der Waals surface area contributed by atoms with Crippen LogP contribution in [0.5, 0.6) is 0 Å². The van der Waals surface area contributed by atoms with Crippen LogP contribution >= 0.6 is 11.6 Å². The predicted octanol–water partition coefficient (Wildman–Crippen LogP) is 2.26. The molecular formula is C21H17ClN4O4. The Hall–Kier alpha value is -3.39. The fraction of sp³-hybridized carbons (Fsp3) is 0.238. The second kappa shape index (κ2) is 6.56. The summed E-state index contributed by atoms with van der Waals surface area (Å²) in [6.45, 7) is 2.42. The van der Waals surface area contributed by atoms with Crippen molar-refractivity contribution in [1.82, 2.24) is 19.5 Å². The van der Waals surface area contributed by atoms with Crippen LogP contribution in [0.1, 0.15) is 32.2 Å². The summed E-state index contributed by atoms with van der Waals surface area (Å²) >= 11 is 6.09. The summed E-state index contributed by atoms with van der Waals surface area (Å²) in [5.41, 5.74) is -0.136. The van der Waals surface area contributed by atoms with Gasteiger partial charge in [0, 0.05) is 29.7 Å². The Bertz CT molecular complexity index is 1230. The molecule has 0 spiro atoms. The van der Waals surface area contributed by atoms with Gasteiger partial charge in [-0.1, -0.05) is 35.0 Å². The Morgan fingerprint density at radius 3 is 2.60 bits per heavy atom. The number of hydrogen-bond donors (Lipinski definition) is 0. The molecular weight excluding hydrogens is 408 g/mol. The maximum Gasteiger partial charge on any atom is 0.272 e. The molecule has 1 atom stereocenters. The summed E-state index contributed by atoms with van der Waals surface area (Å²) in [5, 5.41) is 4.25. The van der Waals surface area contributed by atoms with Gasteiger partial charge >= 0.3 is 0 Å². The highest BCUT2D eigenvalue weighted by atomic mass is 35.5. The molecule has 1 unspecified atom stereocenters. The summed E-state index contributed by atoms with van der Waals surface area (Å²) in [5.74, 6) is -0.220. The van der Waals surface area contributed by atoms with E-state index >= 15 is 0 Å². The van der Waals surface area contributed by atoms with Gasteiger partial charge in [-0.25, -0.2) is 0 Å². The van der Waals surface area contributed by atoms with Crippen LogP contribution in [0.4, 0.5) is 0 Å². The van der Waals surface area contributed by atoms with E-state index in [1.807, 2.05) is 0 Å². The minimum absolute atomic E-state index is 0.117. The van der Waals surface area contributed by atoms with Gasteiger partial charge in [-0.05, 0) is 25.1 Å². The summed E-state index contributed by atoms with van der Waals surface area (Å²) in [4.78, 5) is 42.8. The molecule has 1 saturated heterocycles. The summed E-state index contributed by atoms with van der Waals surface area (Å²) in [6, 6.07) is 11.6. The normalized spacial score (nSPS) is 20.3. The first-order valence-corrected chi connectivity index (χ1v) is 9.82. The highest BCUT2D eigenvalue weighted by molar-refractivity contribution is 6.30. The van der Waals surface area contributed by atoms with Gasteiger partial charge in [0.15, 0.2) is 5.66 Å². The van der Waals surface area contributed by atoms with Crippen LogP contribution in [0.2, 0.25) is 5.02 Å². The molecule has 0 aliphatic carbocycles. The van der Waals surface area contributed by atoms with Crippen molar-refractivity contribution in [2.45, 2.75) is 19.1 Å². The summed E-state index contributed by atoms with van der Waals surface area (Å²) in [6.07, 6.45) is 1.38. The fourth-order valence-corrected chi connectivity index (χ4v) is 4.55. The first kappa shape index (κ1) is 18.6. The Morgan fingerprint density at radius 1 is 1.13 bits per heavy atom. The average molecular weight is 425 g/mol. The third-order valence-corrected chi connectivity index (χ3v) is 6.12. The molecule has 4 heterocycles. The fourth-order valence-electron chi connectivity index (χ4n) is 4.42. The number of aryl methyl sites for hydroxylation is 1. The molecule has 2 aliphatic heterocycles. The standard InChI is InChI=1S/C21H17ClN4O4/c1-13-16(11-23-30-13)19(28)25-9-10-26-20(29)17-3-2-4-18(27)24(17)12-21(25,26)14-5-7-15(22)8-6-14/h2-8,11H,9-10,12H2,1H3. The molecule has 1 aromatic carbocycles. The van der Waals surface area contributed by atoms with Gasteiger partial charge < -0.3 is 14.3 Å². The van der Waals surface area contributed by atoms with Gasteiger partial charge in [0.2, 0.25) is 0 Å². The van der Waals surface area contributed by atoms with Crippen molar-refractivity contribution in [3.8, 4) is 0 Å². The highest BCUT2D eigenvalue weighted by Crippen LogP contribution is 2.43. The topological polar surface area (TPSA) is 88.7 Å². The van der Waals surface area contributed by atoms with E-state index in [0.717, 1.165) is 0 Å². The van der Waals surface area contributed by atoms with Gasteiger partial charge in [-0.2, -0.15) is 0 Å². The van der Waals surface area contributed by atoms with E-state index in [1.54, 1.807) is 53.1 Å². The predicted molar refractivity (Wildman–Crippen MR) is 107 cm³/mol. The zero-order valence-corrected chi connectivity index (χ0v) is 16.8. The van der Waals surface area contributed by atoms with Crippen LogP contribution in [0, 0.1) is 6.92 Å². The Labute approximate surface area is 176 Å². The smallest absolute Gasteiger partial charge is 0.272 e. The van der Waals surface area contributed by atoms with Crippen molar-refractivity contribution in [1.29, 1.82) is 0 Å². The Morgan fingerprint density at radius 2 is 1.90 bits per heavy atom. The van der Waals surface area contributed by atoms with Crippen LogP contribution in [0.25, 0.3) is 0 Å². The van der Waals surface area contributed by atoms with Crippen LogP contribution < -0.4 is 5.56 Å². The molecule has 0 radical (unpaired) electrons. The van der Waals surface area contributed by atoms with E-state index in [-0.39, 0.29) is 23.9 Å². The zero-order chi connectivity index (χ0) is 21.0. The van der Waals surface area contributed by atoms with Gasteiger partial charge in [0.25, 0.3) is 17.4 Å². The van der Waals surface area contributed by atoms with E-state index in [0.29, 0.717) is 40.7 Å². The maximum absolute atomic E-state index is 13.5. The lowest BCUT2D eigenvalue weighted by Gasteiger charge is -2.47. The summed E-state index contributed by atoms with van der Waals surface area (Å²) in [7, 11) is 0. The second-order valence-corrected chi connectivity index (χ2v) is 7.80. The van der Waals surface area contributed by atoms with Crippen LogP contribution in [-0.4, -0.2) is 44.4 Å². The van der Waals surface area contributed by atoms with Crippen molar-refractivity contribution >= 4 is 23.4 Å². The number of halogens is 1. The quantitative estimate of drug-likeness (QED) is 0.629. The van der Waals surface area contributed by atoms with Crippen molar-refractivity contribution < 1.29 is 14.1 Å². The number of aromatic nitrogens is 2. The van der Waals surface area contributed by atoms with E-state index in [2.05, 4.69) is 5.16 Å². The first-order chi connectivity index (χ1) is 14.4. The first-order valence-electron chi connectivity index (χ1n) is 9.44. The molecule has 0 bridgehead atoms. The van der Waals surface area contributed by atoms with Gasteiger partial charge in [0.05, 0.1) is 12.7 Å². The molecule has 5 rings (SSSR count). The number of benzene rings is 1. The van der Waals surface area contributed by atoms with Crippen LogP contribution in [0.3, 0.4) is 0 Å². The van der Waals surface area contributed by atoms with Crippen molar-refractivity contribution in [3.63, 3.8) is 0 Å². The molecule has 2 amide bonds. The highest BCUT2D eigenvalue weighted by Gasteiger charge is 2.56. The lowest BCUT2D eigenvalue weighted by molar-refractivity contribution is -0.00703. The number of pyridine rings is 1. The van der Waals surface area contributed by atoms with Crippen LogP contribution in [0.15, 0.2) is 58.0 Å². The molecule has 8 nitrogen and oxygen atoms in total. The van der Waals surface area contributed by atoms with E-state index in [4.69, 9.17) is 16.1 Å². The molecule has 0 saturated carbocycles. The van der Waals surface area contributed by atoms with Gasteiger partial charge in [-0.3, -0.25) is 19.0 Å². The van der Waals surface area contributed by atoms with Gasteiger partial charge in [0.1, 0.15) is 17.0 Å². The lowest BCUT2D eigenvalue weighted by atomic mass is 9.93. The monoisotopic (exact) mass is 424 g/mol. The zero-order valence-electron chi connectivity index (χ0n) is 16.0. The molecule has 0 N–H and O–H groups in total. The third-order valence-electron chi connectivity index (χ3n) is 5.87. The van der Waals surface area contributed by atoms with Crippen LogP contribution in [-0.2, 0) is 12.2 Å². The number of nitrogens with zero attached hydrogens (tertiary/aromatic N) is 4. The number of rotatable bonds is 2. The molecule has 2 aromatic heterocycles.